The molecule has 0 saturated heterocycles. The van der Waals surface area contributed by atoms with Crippen LogP contribution < -0.4 is 11.1 Å². The zero-order valence-corrected chi connectivity index (χ0v) is 17.6. The average Bonchev–Trinajstić information content (AvgIpc) is 3.12. The minimum Gasteiger partial charge on any atom is -0.384 e. The van der Waals surface area contributed by atoms with E-state index in [0.29, 0.717) is 31.1 Å². The van der Waals surface area contributed by atoms with E-state index in [-0.39, 0.29) is 0 Å². The SMILES string of the molecule is COCCc1cnc(-n2c(C)cc3c(C(N)=O)cccc32)nc1NCc1ccccc1. The van der Waals surface area contributed by atoms with Gasteiger partial charge in [-0.3, -0.25) is 9.36 Å². The Kier molecular flexibility index (Phi) is 5.95. The lowest BCUT2D eigenvalue weighted by atomic mass is 10.1. The average molecular weight is 415 g/mol. The standard InChI is InChI=1S/C24H25N5O2/c1-16-13-20-19(22(25)30)9-6-10-21(20)29(16)24-27-15-18(11-12-31-2)23(28-24)26-14-17-7-4-3-5-8-17/h3-10,13,15H,11-12,14H2,1-2H3,(H2,25,30)(H,26,27,28). The molecule has 0 aliphatic rings. The molecule has 0 radical (unpaired) electrons. The van der Waals surface area contributed by atoms with Gasteiger partial charge >= 0.3 is 0 Å². The van der Waals surface area contributed by atoms with Crippen LogP contribution in [0.2, 0.25) is 0 Å². The van der Waals surface area contributed by atoms with Crippen LogP contribution in [0.15, 0.2) is 60.8 Å². The van der Waals surface area contributed by atoms with Crippen molar-refractivity contribution in [2.75, 3.05) is 19.0 Å². The van der Waals surface area contributed by atoms with E-state index in [1.807, 2.05) is 54.1 Å². The number of methoxy groups -OCH3 is 1. The number of aryl methyl sites for hydroxylation is 1. The van der Waals surface area contributed by atoms with Crippen LogP contribution in [0, 0.1) is 6.92 Å². The summed E-state index contributed by atoms with van der Waals surface area (Å²) in [6, 6.07) is 17.6. The van der Waals surface area contributed by atoms with Gasteiger partial charge in [-0.2, -0.15) is 4.98 Å². The Balaban J connectivity index is 1.76. The monoisotopic (exact) mass is 415 g/mol. The third kappa shape index (κ3) is 4.27. The first-order valence-electron chi connectivity index (χ1n) is 10.1. The van der Waals surface area contributed by atoms with Crippen molar-refractivity contribution in [2.45, 2.75) is 19.9 Å². The molecule has 0 unspecified atom stereocenters. The summed E-state index contributed by atoms with van der Waals surface area (Å²) in [6.45, 7) is 3.19. The van der Waals surface area contributed by atoms with Gasteiger partial charge in [-0.25, -0.2) is 4.98 Å². The molecule has 0 saturated carbocycles. The number of nitrogens with two attached hydrogens (primary N) is 1. The van der Waals surface area contributed by atoms with Crippen LogP contribution in [0.25, 0.3) is 16.9 Å². The topological polar surface area (TPSA) is 95.1 Å². The van der Waals surface area contributed by atoms with Gasteiger partial charge in [0, 0.05) is 48.5 Å². The highest BCUT2D eigenvalue weighted by Crippen LogP contribution is 2.26. The smallest absolute Gasteiger partial charge is 0.249 e. The number of hydrogen-bond donors (Lipinski definition) is 2. The van der Waals surface area contributed by atoms with Crippen molar-refractivity contribution < 1.29 is 9.53 Å². The molecule has 31 heavy (non-hydrogen) atoms. The molecular formula is C24H25N5O2. The number of fused-ring (bicyclic) bond motifs is 1. The summed E-state index contributed by atoms with van der Waals surface area (Å²) in [5.41, 5.74) is 9.95. The molecule has 2 heterocycles. The number of nitrogens with one attached hydrogen (secondary N) is 1. The minimum absolute atomic E-state index is 0.455. The first-order chi connectivity index (χ1) is 15.1. The third-order valence-electron chi connectivity index (χ3n) is 5.23. The van der Waals surface area contributed by atoms with Crippen molar-refractivity contribution in [3.63, 3.8) is 0 Å². The Labute approximate surface area is 180 Å². The maximum Gasteiger partial charge on any atom is 0.249 e. The summed E-state index contributed by atoms with van der Waals surface area (Å²) in [4.78, 5) is 21.3. The number of anilines is 1. The largest absolute Gasteiger partial charge is 0.384 e. The second-order valence-electron chi connectivity index (χ2n) is 7.35. The molecule has 0 bridgehead atoms. The summed E-state index contributed by atoms with van der Waals surface area (Å²) in [6.07, 6.45) is 2.53. The fourth-order valence-electron chi connectivity index (χ4n) is 3.68. The molecule has 2 aromatic carbocycles. The van der Waals surface area contributed by atoms with E-state index in [1.54, 1.807) is 13.2 Å². The van der Waals surface area contributed by atoms with E-state index in [4.69, 9.17) is 15.5 Å². The number of nitrogens with zero attached hydrogens (tertiary/aromatic N) is 3. The van der Waals surface area contributed by atoms with Gasteiger partial charge in [-0.05, 0) is 30.7 Å². The number of primary amides is 1. The van der Waals surface area contributed by atoms with Gasteiger partial charge in [0.05, 0.1) is 12.1 Å². The lowest BCUT2D eigenvalue weighted by Crippen LogP contribution is -2.12. The zero-order chi connectivity index (χ0) is 21.8. The highest BCUT2D eigenvalue weighted by Gasteiger charge is 2.16. The van der Waals surface area contributed by atoms with Gasteiger partial charge in [0.25, 0.3) is 0 Å². The number of benzene rings is 2. The van der Waals surface area contributed by atoms with Gasteiger partial charge in [0.15, 0.2) is 0 Å². The fraction of sp³-hybridized carbons (Fsp3) is 0.208. The molecule has 0 fully saturated rings. The summed E-state index contributed by atoms with van der Waals surface area (Å²) < 4.78 is 7.19. The first kappa shape index (κ1) is 20.6. The quantitative estimate of drug-likeness (QED) is 0.458. The van der Waals surface area contributed by atoms with E-state index >= 15 is 0 Å². The molecule has 0 aliphatic heterocycles. The lowest BCUT2D eigenvalue weighted by Gasteiger charge is -2.14. The maximum atomic E-state index is 11.9. The number of hydrogen-bond acceptors (Lipinski definition) is 5. The minimum atomic E-state index is -0.455. The highest BCUT2D eigenvalue weighted by molar-refractivity contribution is 6.06. The molecule has 2 aromatic heterocycles. The number of carbonyl (C=O) groups is 1. The Bertz CT molecular complexity index is 1220. The number of ether oxygens (including phenoxy) is 1. The first-order valence-corrected chi connectivity index (χ1v) is 10.1. The Morgan fingerprint density at radius 2 is 1.97 bits per heavy atom. The molecule has 4 aromatic rings. The van der Waals surface area contributed by atoms with Crippen molar-refractivity contribution in [1.82, 2.24) is 14.5 Å². The summed E-state index contributed by atoms with van der Waals surface area (Å²) in [7, 11) is 1.68. The van der Waals surface area contributed by atoms with Crippen LogP contribution in [0.4, 0.5) is 5.82 Å². The van der Waals surface area contributed by atoms with Crippen LogP contribution in [0.1, 0.15) is 27.2 Å². The number of aromatic nitrogens is 3. The Hall–Kier alpha value is -3.71. The molecule has 7 heteroatoms. The van der Waals surface area contributed by atoms with Crippen molar-refractivity contribution in [3.05, 3.63) is 83.2 Å². The van der Waals surface area contributed by atoms with Crippen LogP contribution >= 0.6 is 0 Å². The van der Waals surface area contributed by atoms with Crippen LogP contribution in [-0.4, -0.2) is 34.2 Å². The highest BCUT2D eigenvalue weighted by atomic mass is 16.5. The van der Waals surface area contributed by atoms with E-state index < -0.39 is 5.91 Å². The van der Waals surface area contributed by atoms with Gasteiger partial charge in [0.1, 0.15) is 5.82 Å². The van der Waals surface area contributed by atoms with Gasteiger partial charge in [0.2, 0.25) is 11.9 Å². The summed E-state index contributed by atoms with van der Waals surface area (Å²) in [5.74, 6) is 0.841. The van der Waals surface area contributed by atoms with Crippen LogP contribution in [0.3, 0.4) is 0 Å². The predicted octanol–water partition coefficient (Wildman–Crippen LogP) is 3.63. The zero-order valence-electron chi connectivity index (χ0n) is 17.6. The second kappa shape index (κ2) is 8.97. The lowest BCUT2D eigenvalue weighted by molar-refractivity contribution is 0.100. The molecule has 1 amide bonds. The molecule has 7 nitrogen and oxygen atoms in total. The van der Waals surface area contributed by atoms with E-state index in [0.717, 1.165) is 33.5 Å². The molecule has 3 N–H and O–H groups in total. The third-order valence-corrected chi connectivity index (χ3v) is 5.23. The summed E-state index contributed by atoms with van der Waals surface area (Å²) >= 11 is 0. The summed E-state index contributed by atoms with van der Waals surface area (Å²) in [5, 5.41) is 4.23. The number of amides is 1. The molecule has 0 spiro atoms. The molecule has 0 aliphatic carbocycles. The normalized spacial score (nSPS) is 11.0. The fourth-order valence-corrected chi connectivity index (χ4v) is 3.68. The van der Waals surface area contributed by atoms with Crippen LogP contribution in [0.5, 0.6) is 0 Å². The molecular weight excluding hydrogens is 390 g/mol. The molecule has 0 atom stereocenters. The van der Waals surface area contributed by atoms with Crippen LogP contribution in [-0.2, 0) is 17.7 Å². The van der Waals surface area contributed by atoms with E-state index in [2.05, 4.69) is 22.4 Å². The van der Waals surface area contributed by atoms with E-state index in [9.17, 15) is 4.79 Å². The second-order valence-corrected chi connectivity index (χ2v) is 7.35. The molecule has 158 valence electrons. The predicted molar refractivity (Wildman–Crippen MR) is 121 cm³/mol. The Morgan fingerprint density at radius 3 is 2.71 bits per heavy atom. The van der Waals surface area contributed by atoms with Crippen molar-refractivity contribution in [3.8, 4) is 5.95 Å². The van der Waals surface area contributed by atoms with Gasteiger partial charge in [-0.1, -0.05) is 36.4 Å². The van der Waals surface area contributed by atoms with E-state index in [1.165, 1.54) is 0 Å². The molecule has 4 rings (SSSR count). The number of carbonyl (C=O) groups excluding carboxylic acids is 1. The number of rotatable bonds is 8. The van der Waals surface area contributed by atoms with Gasteiger partial charge < -0.3 is 15.8 Å². The Morgan fingerprint density at radius 1 is 1.16 bits per heavy atom. The van der Waals surface area contributed by atoms with Crippen molar-refractivity contribution >= 4 is 22.6 Å². The van der Waals surface area contributed by atoms with Crippen molar-refractivity contribution in [1.29, 1.82) is 0 Å². The maximum absolute atomic E-state index is 11.9. The van der Waals surface area contributed by atoms with Crippen molar-refractivity contribution in [2.24, 2.45) is 5.73 Å². The van der Waals surface area contributed by atoms with Gasteiger partial charge in [-0.15, -0.1) is 0 Å².